The molecule has 1 amide bonds. The molecular weight excluding hydrogens is 272 g/mol. The van der Waals surface area contributed by atoms with Crippen LogP contribution in [0.2, 0.25) is 0 Å². The minimum atomic E-state index is -0.187. The van der Waals surface area contributed by atoms with E-state index in [1.807, 2.05) is 34.6 Å². The molecule has 3 N–H and O–H groups in total. The van der Waals surface area contributed by atoms with Crippen LogP contribution in [0, 0.1) is 0 Å². The molecule has 0 aromatic carbocycles. The highest BCUT2D eigenvalue weighted by molar-refractivity contribution is 7.80. The smallest absolute Gasteiger partial charge is 0.237 e. The monoisotopic (exact) mass is 300 g/mol. The lowest BCUT2D eigenvalue weighted by molar-refractivity contribution is -0.128. The number of amides is 1. The summed E-state index contributed by atoms with van der Waals surface area (Å²) in [4.78, 5) is 17.2. The van der Waals surface area contributed by atoms with Gasteiger partial charge in [0.15, 0.2) is 0 Å². The first-order chi connectivity index (χ1) is 9.11. The molecule has 1 rings (SSSR count). The zero-order valence-corrected chi connectivity index (χ0v) is 14.1. The number of carbonyl (C=O) groups excluding carboxylic acids is 1. The Hall–Kier alpha value is -0.720. The van der Waals surface area contributed by atoms with Gasteiger partial charge in [0, 0.05) is 31.7 Å². The van der Waals surface area contributed by atoms with E-state index in [0.717, 1.165) is 26.2 Å². The molecule has 0 radical (unpaired) electrons. The maximum Gasteiger partial charge on any atom is 0.237 e. The van der Waals surface area contributed by atoms with Gasteiger partial charge in [-0.25, -0.2) is 0 Å². The number of nitrogens with two attached hydrogens (primary N) is 1. The summed E-state index contributed by atoms with van der Waals surface area (Å²) in [7, 11) is 0. The lowest BCUT2D eigenvalue weighted by Crippen LogP contribution is -2.58. The van der Waals surface area contributed by atoms with Crippen molar-refractivity contribution in [2.75, 3.05) is 26.2 Å². The highest BCUT2D eigenvalue weighted by Crippen LogP contribution is 2.11. The molecule has 2 unspecified atom stereocenters. The Morgan fingerprint density at radius 3 is 1.85 bits per heavy atom. The quantitative estimate of drug-likeness (QED) is 0.744. The van der Waals surface area contributed by atoms with Crippen molar-refractivity contribution in [1.29, 1.82) is 0 Å². The van der Waals surface area contributed by atoms with Crippen molar-refractivity contribution < 1.29 is 4.79 Å². The second-order valence-electron chi connectivity index (χ2n) is 6.57. The minimum Gasteiger partial charge on any atom is -0.392 e. The predicted octanol–water partition coefficient (Wildman–Crippen LogP) is 0.582. The fraction of sp³-hybridized carbons (Fsp3) is 0.857. The molecule has 1 saturated heterocycles. The van der Waals surface area contributed by atoms with E-state index < -0.39 is 0 Å². The van der Waals surface area contributed by atoms with Crippen molar-refractivity contribution >= 4 is 23.1 Å². The molecule has 6 heteroatoms. The van der Waals surface area contributed by atoms with E-state index in [9.17, 15) is 4.79 Å². The van der Waals surface area contributed by atoms with E-state index in [0.29, 0.717) is 4.99 Å². The van der Waals surface area contributed by atoms with Gasteiger partial charge < -0.3 is 11.1 Å². The van der Waals surface area contributed by atoms with E-state index in [1.54, 1.807) is 0 Å². The van der Waals surface area contributed by atoms with Gasteiger partial charge in [-0.05, 0) is 34.6 Å². The molecule has 1 aliphatic rings. The van der Waals surface area contributed by atoms with Crippen LogP contribution in [0.1, 0.15) is 34.6 Å². The fourth-order valence-electron chi connectivity index (χ4n) is 2.33. The SMILES string of the molecule is CC(C(=O)NC(C)(C)C)N1CCN(C(C)C(N)=S)CC1. The Bertz CT molecular complexity index is 359. The Morgan fingerprint density at radius 1 is 1.10 bits per heavy atom. The summed E-state index contributed by atoms with van der Waals surface area (Å²) in [6.07, 6.45) is 0. The molecule has 0 spiro atoms. The van der Waals surface area contributed by atoms with Gasteiger partial charge in [0.05, 0.1) is 17.1 Å². The van der Waals surface area contributed by atoms with Crippen molar-refractivity contribution in [3.05, 3.63) is 0 Å². The van der Waals surface area contributed by atoms with E-state index in [2.05, 4.69) is 15.1 Å². The van der Waals surface area contributed by atoms with Gasteiger partial charge in [0.1, 0.15) is 0 Å². The molecule has 1 aliphatic heterocycles. The van der Waals surface area contributed by atoms with E-state index in [1.165, 1.54) is 0 Å². The second kappa shape index (κ2) is 6.83. The zero-order valence-electron chi connectivity index (χ0n) is 13.3. The van der Waals surface area contributed by atoms with Crippen molar-refractivity contribution in [2.45, 2.75) is 52.2 Å². The Balaban J connectivity index is 2.49. The van der Waals surface area contributed by atoms with Gasteiger partial charge in [0.2, 0.25) is 5.91 Å². The van der Waals surface area contributed by atoms with Crippen LogP contribution in [0.4, 0.5) is 0 Å². The molecule has 1 fully saturated rings. The van der Waals surface area contributed by atoms with Crippen LogP contribution >= 0.6 is 12.2 Å². The maximum absolute atomic E-state index is 12.2. The summed E-state index contributed by atoms with van der Waals surface area (Å²) in [5.41, 5.74) is 5.50. The van der Waals surface area contributed by atoms with Gasteiger partial charge in [-0.15, -0.1) is 0 Å². The molecule has 0 saturated carbocycles. The number of hydrogen-bond donors (Lipinski definition) is 2. The molecule has 0 aliphatic carbocycles. The molecule has 1 heterocycles. The molecule has 0 aromatic heterocycles. The standard InChI is InChI=1S/C14H28N4OS/c1-10(12(15)20)17-6-8-18(9-7-17)11(2)13(19)16-14(3,4)5/h10-11H,6-9H2,1-5H3,(H2,15,20)(H,16,19). The third-order valence-electron chi connectivity index (χ3n) is 3.73. The molecule has 0 aromatic rings. The fourth-order valence-corrected chi connectivity index (χ4v) is 2.48. The van der Waals surface area contributed by atoms with Gasteiger partial charge in [0.25, 0.3) is 0 Å². The summed E-state index contributed by atoms with van der Waals surface area (Å²) in [5, 5.41) is 3.03. The van der Waals surface area contributed by atoms with Crippen molar-refractivity contribution in [3.63, 3.8) is 0 Å². The molecule has 5 nitrogen and oxygen atoms in total. The van der Waals surface area contributed by atoms with Crippen LogP contribution in [0.25, 0.3) is 0 Å². The van der Waals surface area contributed by atoms with Gasteiger partial charge in [-0.3, -0.25) is 14.6 Å². The third-order valence-corrected chi connectivity index (χ3v) is 4.07. The summed E-state index contributed by atoms with van der Waals surface area (Å²) in [6, 6.07) is 0.0300. The predicted molar refractivity (Wildman–Crippen MR) is 86.8 cm³/mol. The van der Waals surface area contributed by atoms with Gasteiger partial charge in [-0.2, -0.15) is 0 Å². The molecule has 20 heavy (non-hydrogen) atoms. The summed E-state index contributed by atoms with van der Waals surface area (Å²) >= 11 is 5.04. The number of thiocarbonyl (C=S) groups is 1. The number of carbonyl (C=O) groups is 1. The van der Waals surface area contributed by atoms with Crippen LogP contribution < -0.4 is 11.1 Å². The van der Waals surface area contributed by atoms with Crippen molar-refractivity contribution in [2.24, 2.45) is 5.73 Å². The lowest BCUT2D eigenvalue weighted by Gasteiger charge is -2.40. The zero-order chi connectivity index (χ0) is 15.5. The number of nitrogens with one attached hydrogen (secondary N) is 1. The van der Waals surface area contributed by atoms with Gasteiger partial charge in [-0.1, -0.05) is 12.2 Å². The Labute approximate surface area is 127 Å². The normalized spacial score (nSPS) is 21.2. The van der Waals surface area contributed by atoms with Crippen LogP contribution in [0.5, 0.6) is 0 Å². The van der Waals surface area contributed by atoms with Crippen LogP contribution in [0.15, 0.2) is 0 Å². The van der Waals surface area contributed by atoms with Crippen molar-refractivity contribution in [1.82, 2.24) is 15.1 Å². The third kappa shape index (κ3) is 5.00. The number of rotatable bonds is 4. The topological polar surface area (TPSA) is 61.6 Å². The highest BCUT2D eigenvalue weighted by atomic mass is 32.1. The second-order valence-corrected chi connectivity index (χ2v) is 7.04. The molecule has 116 valence electrons. The van der Waals surface area contributed by atoms with Crippen LogP contribution in [0.3, 0.4) is 0 Å². The summed E-state index contributed by atoms with van der Waals surface area (Å²) in [5.74, 6) is 0.0911. The molecule has 0 bridgehead atoms. The van der Waals surface area contributed by atoms with E-state index in [4.69, 9.17) is 18.0 Å². The maximum atomic E-state index is 12.2. The number of piperazine rings is 1. The largest absolute Gasteiger partial charge is 0.392 e. The first-order valence-corrected chi connectivity index (χ1v) is 7.62. The minimum absolute atomic E-state index is 0.0911. The lowest BCUT2D eigenvalue weighted by atomic mass is 10.1. The summed E-state index contributed by atoms with van der Waals surface area (Å²) < 4.78 is 0. The Kier molecular flexibility index (Phi) is 5.91. The van der Waals surface area contributed by atoms with E-state index in [-0.39, 0.29) is 23.5 Å². The average molecular weight is 300 g/mol. The molecule has 2 atom stereocenters. The highest BCUT2D eigenvalue weighted by Gasteiger charge is 2.29. The van der Waals surface area contributed by atoms with E-state index >= 15 is 0 Å². The average Bonchev–Trinajstić information content (AvgIpc) is 2.35. The van der Waals surface area contributed by atoms with Crippen LogP contribution in [-0.4, -0.2) is 64.5 Å². The first-order valence-electron chi connectivity index (χ1n) is 7.21. The summed E-state index contributed by atoms with van der Waals surface area (Å²) in [6.45, 7) is 13.5. The van der Waals surface area contributed by atoms with Gasteiger partial charge >= 0.3 is 0 Å². The number of hydrogen-bond acceptors (Lipinski definition) is 4. The number of nitrogens with zero attached hydrogens (tertiary/aromatic N) is 2. The molecular formula is C14H28N4OS. The Morgan fingerprint density at radius 2 is 1.50 bits per heavy atom. The first kappa shape index (κ1) is 17.3. The van der Waals surface area contributed by atoms with Crippen LogP contribution in [-0.2, 0) is 4.79 Å². The van der Waals surface area contributed by atoms with Crippen molar-refractivity contribution in [3.8, 4) is 0 Å².